The normalized spacial score (nSPS) is 10.4. The van der Waals surface area contributed by atoms with Crippen LogP contribution in [0.1, 0.15) is 33.5 Å². The number of tetrazole rings is 1. The van der Waals surface area contributed by atoms with Gasteiger partial charge in [-0.25, -0.2) is 0 Å². The fourth-order valence-corrected chi connectivity index (χ4v) is 3.10. The molecule has 2 aromatic carbocycles. The van der Waals surface area contributed by atoms with Crippen LogP contribution in [0, 0.1) is 18.8 Å². The van der Waals surface area contributed by atoms with Crippen molar-refractivity contribution in [3.8, 4) is 23.2 Å². The Morgan fingerprint density at radius 1 is 1.06 bits per heavy atom. The Bertz CT molecular complexity index is 1340. The van der Waals surface area contributed by atoms with Gasteiger partial charge in [0.1, 0.15) is 0 Å². The first-order chi connectivity index (χ1) is 16.1. The summed E-state index contributed by atoms with van der Waals surface area (Å²) in [6.45, 7) is 2.51. The van der Waals surface area contributed by atoms with Crippen molar-refractivity contribution in [3.63, 3.8) is 0 Å². The van der Waals surface area contributed by atoms with Crippen molar-refractivity contribution in [1.82, 2.24) is 25.2 Å². The van der Waals surface area contributed by atoms with Gasteiger partial charge in [0.15, 0.2) is 0 Å². The molecule has 0 bridgehead atoms. The first-order valence-electron chi connectivity index (χ1n) is 10.4. The van der Waals surface area contributed by atoms with Gasteiger partial charge in [-0.15, -0.1) is 10.2 Å². The number of rotatable bonds is 6. The molecule has 1 amide bonds. The number of hydrogen-bond donors (Lipinski definition) is 2. The smallest absolute Gasteiger partial charge is 0.255 e. The summed E-state index contributed by atoms with van der Waals surface area (Å²) < 4.78 is 0. The number of hydrogen-bond acceptors (Lipinski definition) is 6. The van der Waals surface area contributed by atoms with Crippen LogP contribution in [-0.4, -0.2) is 42.8 Å². The maximum absolute atomic E-state index is 12.5. The second-order valence-electron chi connectivity index (χ2n) is 7.40. The quantitative estimate of drug-likeness (QED) is 0.448. The molecule has 0 saturated heterocycles. The van der Waals surface area contributed by atoms with E-state index in [1.807, 2.05) is 55.5 Å². The lowest BCUT2D eigenvalue weighted by atomic mass is 10.1. The predicted octanol–water partition coefficient (Wildman–Crippen LogP) is 3.08. The van der Waals surface area contributed by atoms with E-state index in [2.05, 4.69) is 37.6 Å². The van der Waals surface area contributed by atoms with Gasteiger partial charge in [0.2, 0.25) is 5.82 Å². The Labute approximate surface area is 191 Å². The van der Waals surface area contributed by atoms with Gasteiger partial charge >= 0.3 is 0 Å². The van der Waals surface area contributed by atoms with Crippen molar-refractivity contribution in [1.29, 1.82) is 0 Å². The predicted molar refractivity (Wildman–Crippen MR) is 124 cm³/mol. The molecule has 0 aliphatic heterocycles. The van der Waals surface area contributed by atoms with Crippen LogP contribution in [-0.2, 0) is 6.54 Å². The molecule has 0 radical (unpaired) electrons. The largest absolute Gasteiger partial charge is 0.396 e. The van der Waals surface area contributed by atoms with E-state index >= 15 is 0 Å². The Morgan fingerprint density at radius 3 is 2.76 bits per heavy atom. The number of nitrogens with zero attached hydrogens (tertiary/aromatic N) is 5. The molecule has 164 valence electrons. The van der Waals surface area contributed by atoms with Crippen LogP contribution >= 0.6 is 0 Å². The second-order valence-corrected chi connectivity index (χ2v) is 7.40. The maximum Gasteiger partial charge on any atom is 0.255 e. The molecule has 0 saturated carbocycles. The minimum absolute atomic E-state index is 0.0698. The van der Waals surface area contributed by atoms with Gasteiger partial charge in [0.05, 0.1) is 6.54 Å². The Hall–Kier alpha value is -4.35. The van der Waals surface area contributed by atoms with E-state index in [-0.39, 0.29) is 12.5 Å². The highest BCUT2D eigenvalue weighted by molar-refractivity contribution is 6.04. The standard InChI is InChI=1S/C25H22N6O2/c1-18-5-2-7-21(13-18)25(33)27-23-8-3-6-19(15-23)9-10-20-14-22(17-26-16-20)24-28-30-31(29-24)11-4-12-32/h2-3,5-8,13-17,32H,4,11-12H2,1H3,(H,27,33). The molecule has 0 aliphatic carbocycles. The molecule has 0 spiro atoms. The van der Waals surface area contributed by atoms with E-state index in [4.69, 9.17) is 5.11 Å². The number of amides is 1. The van der Waals surface area contributed by atoms with Crippen molar-refractivity contribution >= 4 is 11.6 Å². The summed E-state index contributed by atoms with van der Waals surface area (Å²) >= 11 is 0. The monoisotopic (exact) mass is 438 g/mol. The number of pyridine rings is 1. The molecule has 8 nitrogen and oxygen atoms in total. The number of carbonyl (C=O) groups excluding carboxylic acids is 1. The minimum atomic E-state index is -0.166. The number of aliphatic hydroxyl groups excluding tert-OH is 1. The van der Waals surface area contributed by atoms with Gasteiger partial charge in [-0.1, -0.05) is 35.6 Å². The molecule has 4 rings (SSSR count). The van der Waals surface area contributed by atoms with Crippen molar-refractivity contribution in [2.75, 3.05) is 11.9 Å². The van der Waals surface area contributed by atoms with E-state index in [0.29, 0.717) is 41.2 Å². The Balaban J connectivity index is 1.48. The number of anilines is 1. The van der Waals surface area contributed by atoms with Gasteiger partial charge in [0.25, 0.3) is 5.91 Å². The average Bonchev–Trinajstić information content (AvgIpc) is 3.31. The van der Waals surface area contributed by atoms with Gasteiger partial charge in [-0.2, -0.15) is 4.80 Å². The van der Waals surface area contributed by atoms with Gasteiger partial charge in [0, 0.05) is 46.9 Å². The zero-order valence-corrected chi connectivity index (χ0v) is 18.1. The van der Waals surface area contributed by atoms with Crippen LogP contribution in [0.3, 0.4) is 0 Å². The average molecular weight is 438 g/mol. The van der Waals surface area contributed by atoms with Crippen LogP contribution in [0.2, 0.25) is 0 Å². The number of aliphatic hydroxyl groups is 1. The van der Waals surface area contributed by atoms with E-state index in [1.54, 1.807) is 18.5 Å². The van der Waals surface area contributed by atoms with Crippen molar-refractivity contribution in [3.05, 3.63) is 89.2 Å². The maximum atomic E-state index is 12.5. The summed E-state index contributed by atoms with van der Waals surface area (Å²) in [6, 6.07) is 16.7. The summed E-state index contributed by atoms with van der Waals surface area (Å²) in [5.74, 6) is 6.48. The van der Waals surface area contributed by atoms with Crippen molar-refractivity contribution < 1.29 is 9.90 Å². The van der Waals surface area contributed by atoms with E-state index < -0.39 is 0 Å². The number of aromatic nitrogens is 5. The molecule has 2 N–H and O–H groups in total. The molecule has 2 aromatic heterocycles. The lowest BCUT2D eigenvalue weighted by molar-refractivity contribution is 0.102. The molecule has 2 heterocycles. The third-order valence-corrected chi connectivity index (χ3v) is 4.72. The highest BCUT2D eigenvalue weighted by Gasteiger charge is 2.08. The Morgan fingerprint density at radius 2 is 1.91 bits per heavy atom. The second kappa shape index (κ2) is 10.3. The molecule has 4 aromatic rings. The number of aryl methyl sites for hydroxylation is 2. The third kappa shape index (κ3) is 5.87. The molecule has 8 heteroatoms. The fraction of sp³-hybridized carbons (Fsp3) is 0.160. The van der Waals surface area contributed by atoms with Gasteiger partial charge < -0.3 is 10.4 Å². The highest BCUT2D eigenvalue weighted by Crippen LogP contribution is 2.15. The van der Waals surface area contributed by atoms with Gasteiger partial charge in [-0.05, 0) is 55.0 Å². The summed E-state index contributed by atoms with van der Waals surface area (Å²) in [7, 11) is 0. The first kappa shape index (κ1) is 21.9. The number of benzene rings is 2. The number of carbonyl (C=O) groups is 1. The SMILES string of the molecule is Cc1cccc(C(=O)Nc2cccc(C#Cc3cncc(-c4nnn(CCCO)n4)c3)c2)c1. The molecule has 0 unspecified atom stereocenters. The van der Waals surface area contributed by atoms with E-state index in [0.717, 1.165) is 11.1 Å². The van der Waals surface area contributed by atoms with Crippen molar-refractivity contribution in [2.24, 2.45) is 0 Å². The summed E-state index contributed by atoms with van der Waals surface area (Å²) in [4.78, 5) is 18.2. The van der Waals surface area contributed by atoms with Crippen LogP contribution in [0.5, 0.6) is 0 Å². The lowest BCUT2D eigenvalue weighted by Crippen LogP contribution is -2.11. The third-order valence-electron chi connectivity index (χ3n) is 4.72. The number of nitrogens with one attached hydrogen (secondary N) is 1. The zero-order chi connectivity index (χ0) is 23.0. The first-order valence-corrected chi connectivity index (χ1v) is 10.4. The van der Waals surface area contributed by atoms with Crippen LogP contribution in [0.25, 0.3) is 11.4 Å². The van der Waals surface area contributed by atoms with Gasteiger partial charge in [-0.3, -0.25) is 9.78 Å². The molecule has 0 aliphatic rings. The summed E-state index contributed by atoms with van der Waals surface area (Å²) in [5, 5.41) is 24.2. The Kier molecular flexibility index (Phi) is 6.83. The lowest BCUT2D eigenvalue weighted by Gasteiger charge is -2.06. The van der Waals surface area contributed by atoms with Crippen LogP contribution < -0.4 is 5.32 Å². The van der Waals surface area contributed by atoms with Crippen LogP contribution in [0.15, 0.2) is 67.0 Å². The summed E-state index contributed by atoms with van der Waals surface area (Å²) in [5.41, 5.74) is 4.47. The highest BCUT2D eigenvalue weighted by atomic mass is 16.3. The molecule has 0 fully saturated rings. The minimum Gasteiger partial charge on any atom is -0.396 e. The van der Waals surface area contributed by atoms with E-state index in [9.17, 15) is 4.79 Å². The van der Waals surface area contributed by atoms with E-state index in [1.165, 1.54) is 4.80 Å². The van der Waals surface area contributed by atoms with Crippen LogP contribution in [0.4, 0.5) is 5.69 Å². The zero-order valence-electron chi connectivity index (χ0n) is 18.1. The molecular weight excluding hydrogens is 416 g/mol. The molecule has 33 heavy (non-hydrogen) atoms. The molecule has 0 atom stereocenters. The fourth-order valence-electron chi connectivity index (χ4n) is 3.10. The molecular formula is C25H22N6O2. The summed E-state index contributed by atoms with van der Waals surface area (Å²) in [6.07, 6.45) is 3.88. The topological polar surface area (TPSA) is 106 Å². The van der Waals surface area contributed by atoms with Crippen molar-refractivity contribution in [2.45, 2.75) is 19.9 Å².